The van der Waals surface area contributed by atoms with Crippen LogP contribution in [0, 0.1) is 18.2 Å². The number of rotatable bonds is 9. The minimum absolute atomic E-state index is 0.0403. The SMILES string of the molecule is Cc1n[nH]c2c(C(F)(F)F)cc(C(=O)Nc3ccc4c(c3)nc(C3CC35CCN(c3cccc(OCc6ccc(Cl)cc6F)n3)CC5)n4C[Si@@H]3CCO3)cc12. The number of ether oxygens (including phenoxy) is 1. The number of imidazole rings is 1. The lowest BCUT2D eigenvalue weighted by Crippen LogP contribution is -2.37. The van der Waals surface area contributed by atoms with Crippen molar-refractivity contribution in [2.45, 2.75) is 57.1 Å². The zero-order valence-electron chi connectivity index (χ0n) is 29.7. The molecule has 3 aromatic carbocycles. The van der Waals surface area contributed by atoms with Crippen LogP contribution in [-0.2, 0) is 23.4 Å². The maximum absolute atomic E-state index is 14.3. The molecule has 1 spiro atoms. The van der Waals surface area contributed by atoms with E-state index < -0.39 is 32.5 Å². The number of halogens is 5. The molecule has 9 rings (SSSR count). The van der Waals surface area contributed by atoms with Crippen LogP contribution in [0.1, 0.15) is 58.2 Å². The predicted molar refractivity (Wildman–Crippen MR) is 203 cm³/mol. The standard InChI is InChI=1S/C39H36ClF4N7O3Si/c1-22-27-15-24(16-28(39(42,43)44)35(27)49-48-22)37(52)45-26-7-8-32-31(18-26)46-36(51(32)21-55-14-13-54-55)29-19-38(29)9-11-50(12-10-38)33-3-2-4-34(47-33)53-20-23-5-6-25(40)17-30(23)41/h2-8,15-18,29,55H,9-14,19-21H2,1H3,(H,45,52)(H,48,49)/t29?,55-/m0/s1. The summed E-state index contributed by atoms with van der Waals surface area (Å²) >= 11 is 5.88. The highest BCUT2D eigenvalue weighted by Crippen LogP contribution is 2.65. The Morgan fingerprint density at radius 3 is 2.67 bits per heavy atom. The van der Waals surface area contributed by atoms with Gasteiger partial charge < -0.3 is 23.9 Å². The molecule has 1 aliphatic carbocycles. The second kappa shape index (κ2) is 13.6. The largest absolute Gasteiger partial charge is 0.473 e. The Hall–Kier alpha value is -4.99. The van der Waals surface area contributed by atoms with Crippen molar-refractivity contribution in [2.24, 2.45) is 5.41 Å². The molecule has 5 heterocycles. The van der Waals surface area contributed by atoms with E-state index in [0.717, 1.165) is 79.9 Å². The van der Waals surface area contributed by atoms with Gasteiger partial charge in [-0.05, 0) is 86.2 Å². The zero-order valence-corrected chi connectivity index (χ0v) is 31.6. The molecule has 2 atom stereocenters. The first-order chi connectivity index (χ1) is 26.4. The molecule has 6 aromatic rings. The van der Waals surface area contributed by atoms with Gasteiger partial charge in [0, 0.05) is 65.1 Å². The molecule has 2 saturated heterocycles. The number of fused-ring (bicyclic) bond motifs is 2. The zero-order chi connectivity index (χ0) is 38.1. The van der Waals surface area contributed by atoms with Gasteiger partial charge in [0.05, 0.1) is 27.8 Å². The lowest BCUT2D eigenvalue weighted by Gasteiger charge is -2.34. The fraction of sp³-hybridized carbons (Fsp3) is 0.333. The maximum atomic E-state index is 14.3. The van der Waals surface area contributed by atoms with E-state index in [1.165, 1.54) is 12.1 Å². The number of piperidine rings is 1. The molecule has 55 heavy (non-hydrogen) atoms. The number of amides is 1. The number of hydrogen-bond donors (Lipinski definition) is 2. The highest BCUT2D eigenvalue weighted by atomic mass is 35.5. The molecular formula is C39H36ClF4N7O3Si. The van der Waals surface area contributed by atoms with Gasteiger partial charge in [0.2, 0.25) is 5.88 Å². The highest BCUT2D eigenvalue weighted by Gasteiger charge is 2.57. The maximum Gasteiger partial charge on any atom is 0.418 e. The predicted octanol–water partition coefficient (Wildman–Crippen LogP) is 8.33. The van der Waals surface area contributed by atoms with E-state index in [4.69, 9.17) is 30.7 Å². The number of aryl methyl sites for hydroxylation is 1. The van der Waals surface area contributed by atoms with E-state index in [1.807, 2.05) is 18.2 Å². The highest BCUT2D eigenvalue weighted by molar-refractivity contribution is 6.53. The number of benzene rings is 3. The van der Waals surface area contributed by atoms with Crippen LogP contribution in [0.5, 0.6) is 5.88 Å². The van der Waals surface area contributed by atoms with Crippen LogP contribution >= 0.6 is 11.6 Å². The molecule has 1 unspecified atom stereocenters. The lowest BCUT2D eigenvalue weighted by atomic mass is 9.90. The average molecular weight is 790 g/mol. The molecule has 3 aliphatic rings. The number of H-pyrrole nitrogens is 1. The van der Waals surface area contributed by atoms with E-state index in [-0.39, 0.29) is 34.4 Å². The quantitative estimate of drug-likeness (QED) is 0.112. The number of carbonyl (C=O) groups is 1. The van der Waals surface area contributed by atoms with Gasteiger partial charge in [-0.3, -0.25) is 9.89 Å². The van der Waals surface area contributed by atoms with Crippen LogP contribution in [0.15, 0.2) is 66.7 Å². The van der Waals surface area contributed by atoms with Crippen LogP contribution in [0.4, 0.5) is 29.1 Å². The monoisotopic (exact) mass is 789 g/mol. The van der Waals surface area contributed by atoms with Gasteiger partial charge in [0.25, 0.3) is 5.91 Å². The first kappa shape index (κ1) is 35.7. The van der Waals surface area contributed by atoms with E-state index in [0.29, 0.717) is 27.8 Å². The van der Waals surface area contributed by atoms with Crippen molar-refractivity contribution < 1.29 is 31.5 Å². The molecule has 0 radical (unpaired) electrons. The van der Waals surface area contributed by atoms with Gasteiger partial charge in [-0.1, -0.05) is 23.7 Å². The van der Waals surface area contributed by atoms with Gasteiger partial charge in [0.1, 0.15) is 24.1 Å². The number of aromatic nitrogens is 5. The van der Waals surface area contributed by atoms with E-state index in [9.17, 15) is 22.4 Å². The second-order valence-electron chi connectivity index (χ2n) is 14.7. The summed E-state index contributed by atoms with van der Waals surface area (Å²) in [6.07, 6.45) is -0.928. The van der Waals surface area contributed by atoms with Crippen LogP contribution in [0.2, 0.25) is 11.1 Å². The van der Waals surface area contributed by atoms with Crippen molar-refractivity contribution in [1.29, 1.82) is 0 Å². The van der Waals surface area contributed by atoms with Crippen molar-refractivity contribution in [3.05, 3.63) is 106 Å². The molecule has 1 amide bonds. The first-order valence-electron chi connectivity index (χ1n) is 18.2. The lowest BCUT2D eigenvalue weighted by molar-refractivity contribution is -0.136. The van der Waals surface area contributed by atoms with E-state index >= 15 is 0 Å². The average Bonchev–Trinajstić information content (AvgIpc) is 3.50. The smallest absolute Gasteiger partial charge is 0.418 e. The van der Waals surface area contributed by atoms with Gasteiger partial charge >= 0.3 is 6.18 Å². The summed E-state index contributed by atoms with van der Waals surface area (Å²) in [4.78, 5) is 25.5. The Bertz CT molecular complexity index is 2460. The molecule has 1 saturated carbocycles. The fourth-order valence-corrected chi connectivity index (χ4v) is 9.83. The Morgan fingerprint density at radius 2 is 1.93 bits per heavy atom. The summed E-state index contributed by atoms with van der Waals surface area (Å²) in [7, 11) is -1.40. The first-order valence-corrected chi connectivity index (χ1v) is 20.7. The van der Waals surface area contributed by atoms with Crippen molar-refractivity contribution in [3.8, 4) is 5.88 Å². The van der Waals surface area contributed by atoms with E-state index in [1.54, 1.807) is 37.3 Å². The number of hydrogen-bond acceptors (Lipinski definition) is 7. The molecule has 2 aliphatic heterocycles. The second-order valence-corrected chi connectivity index (χ2v) is 17.7. The molecule has 3 aromatic heterocycles. The molecular weight excluding hydrogens is 754 g/mol. The number of carbonyl (C=O) groups excluding carboxylic acids is 1. The number of aromatic amines is 1. The molecule has 16 heteroatoms. The minimum atomic E-state index is -4.67. The summed E-state index contributed by atoms with van der Waals surface area (Å²) in [5.41, 5.74) is 1.79. The fourth-order valence-electron chi connectivity index (χ4n) is 8.02. The summed E-state index contributed by atoms with van der Waals surface area (Å²) in [5, 5.41) is 9.74. The summed E-state index contributed by atoms with van der Waals surface area (Å²) < 4.78 is 70.2. The Balaban J connectivity index is 0.913. The Kier molecular flexibility index (Phi) is 8.85. The van der Waals surface area contributed by atoms with Crippen molar-refractivity contribution >= 4 is 60.0 Å². The van der Waals surface area contributed by atoms with Crippen molar-refractivity contribution in [2.75, 3.05) is 29.9 Å². The van der Waals surface area contributed by atoms with Gasteiger partial charge in [-0.15, -0.1) is 0 Å². The van der Waals surface area contributed by atoms with Crippen molar-refractivity contribution in [1.82, 2.24) is 24.7 Å². The summed E-state index contributed by atoms with van der Waals surface area (Å²) in [6.45, 7) is 4.05. The molecule has 2 N–H and O–H groups in total. The topological polar surface area (TPSA) is 110 Å². The Labute approximate surface area is 319 Å². The third-order valence-electron chi connectivity index (χ3n) is 11.3. The van der Waals surface area contributed by atoms with Gasteiger partial charge in [-0.2, -0.15) is 23.3 Å². The number of alkyl halides is 3. The number of pyridine rings is 1. The van der Waals surface area contributed by atoms with Crippen LogP contribution in [-0.4, -0.2) is 59.4 Å². The Morgan fingerprint density at radius 1 is 1.11 bits per heavy atom. The van der Waals surface area contributed by atoms with Gasteiger partial charge in [-0.25, -0.2) is 9.37 Å². The third-order valence-corrected chi connectivity index (χ3v) is 13.9. The van der Waals surface area contributed by atoms with Crippen LogP contribution in [0.25, 0.3) is 21.9 Å². The number of nitrogens with one attached hydrogen (secondary N) is 2. The minimum Gasteiger partial charge on any atom is -0.473 e. The van der Waals surface area contributed by atoms with Gasteiger partial charge in [0.15, 0.2) is 9.04 Å². The van der Waals surface area contributed by atoms with E-state index in [2.05, 4.69) is 25.0 Å². The third kappa shape index (κ3) is 6.82. The molecule has 0 bridgehead atoms. The molecule has 284 valence electrons. The summed E-state index contributed by atoms with van der Waals surface area (Å²) in [5.74, 6) is 1.43. The van der Waals surface area contributed by atoms with Crippen LogP contribution in [0.3, 0.4) is 0 Å². The molecule has 3 fully saturated rings. The molecule has 10 nitrogen and oxygen atoms in total. The van der Waals surface area contributed by atoms with Crippen LogP contribution < -0.4 is 15.0 Å². The normalized spacial score (nSPS) is 19.2. The number of anilines is 2. The van der Waals surface area contributed by atoms with Crippen molar-refractivity contribution in [3.63, 3.8) is 0 Å². The number of nitrogens with zero attached hydrogens (tertiary/aromatic N) is 5. The summed E-state index contributed by atoms with van der Waals surface area (Å²) in [6, 6.07) is 19.0.